The Labute approximate surface area is 135 Å². The zero-order valence-electron chi connectivity index (χ0n) is 14.5. The summed E-state index contributed by atoms with van der Waals surface area (Å²) < 4.78 is 5.90. The van der Waals surface area contributed by atoms with E-state index in [9.17, 15) is 5.11 Å². The molecule has 0 bridgehead atoms. The van der Waals surface area contributed by atoms with Gasteiger partial charge in [0.2, 0.25) is 0 Å². The van der Waals surface area contributed by atoms with Crippen LogP contribution in [-0.2, 0) is 0 Å². The second-order valence-corrected chi connectivity index (χ2v) is 6.98. The van der Waals surface area contributed by atoms with Gasteiger partial charge in [0, 0.05) is 18.6 Å². The molecule has 1 heterocycles. The minimum atomic E-state index is -0.441. The number of hydrogen-bond donors (Lipinski definition) is 1. The Bertz CT molecular complexity index is 451. The molecule has 3 nitrogen and oxygen atoms in total. The maximum absolute atomic E-state index is 10.4. The molecule has 0 amide bonds. The van der Waals surface area contributed by atoms with Gasteiger partial charge in [0.15, 0.2) is 0 Å². The molecule has 1 saturated heterocycles. The molecule has 22 heavy (non-hydrogen) atoms. The van der Waals surface area contributed by atoms with Gasteiger partial charge in [-0.25, -0.2) is 0 Å². The highest BCUT2D eigenvalue weighted by molar-refractivity contribution is 5.35. The van der Waals surface area contributed by atoms with Crippen molar-refractivity contribution in [3.8, 4) is 5.75 Å². The summed E-state index contributed by atoms with van der Waals surface area (Å²) in [6.07, 6.45) is 3.32. The Kier molecular flexibility index (Phi) is 6.27. The van der Waals surface area contributed by atoms with Gasteiger partial charge in [-0.05, 0) is 44.2 Å². The van der Waals surface area contributed by atoms with Crippen LogP contribution in [0.3, 0.4) is 0 Å². The summed E-state index contributed by atoms with van der Waals surface area (Å²) in [5.41, 5.74) is 1.20. The first-order valence-corrected chi connectivity index (χ1v) is 8.64. The summed E-state index contributed by atoms with van der Waals surface area (Å²) >= 11 is 0. The van der Waals surface area contributed by atoms with E-state index in [1.165, 1.54) is 24.8 Å². The van der Waals surface area contributed by atoms with E-state index in [2.05, 4.69) is 38.7 Å². The predicted molar refractivity (Wildman–Crippen MR) is 91.5 cm³/mol. The van der Waals surface area contributed by atoms with Crippen LogP contribution in [0.25, 0.3) is 0 Å². The molecule has 3 atom stereocenters. The number of aliphatic hydroxyl groups excluding tert-OH is 1. The fraction of sp³-hybridized carbons (Fsp3) is 0.684. The lowest BCUT2D eigenvalue weighted by atomic mass is 9.97. The molecular formula is C19H31NO2. The lowest BCUT2D eigenvalue weighted by Gasteiger charge is -2.40. The number of aliphatic hydroxyl groups is 1. The highest BCUT2D eigenvalue weighted by Gasteiger charge is 2.26. The van der Waals surface area contributed by atoms with Gasteiger partial charge in [-0.2, -0.15) is 0 Å². The Morgan fingerprint density at radius 1 is 1.18 bits per heavy atom. The summed E-state index contributed by atoms with van der Waals surface area (Å²) in [6.45, 7) is 9.91. The largest absolute Gasteiger partial charge is 0.491 e. The van der Waals surface area contributed by atoms with E-state index < -0.39 is 6.10 Å². The monoisotopic (exact) mass is 305 g/mol. The van der Waals surface area contributed by atoms with Crippen LogP contribution in [0.4, 0.5) is 0 Å². The third kappa shape index (κ3) is 4.47. The second kappa shape index (κ2) is 7.98. The fourth-order valence-corrected chi connectivity index (χ4v) is 3.41. The molecule has 0 radical (unpaired) electrons. The molecule has 1 aliphatic rings. The van der Waals surface area contributed by atoms with Crippen molar-refractivity contribution in [2.75, 3.05) is 13.2 Å². The molecule has 0 spiro atoms. The quantitative estimate of drug-likeness (QED) is 0.867. The summed E-state index contributed by atoms with van der Waals surface area (Å²) in [4.78, 5) is 2.42. The van der Waals surface area contributed by atoms with Gasteiger partial charge >= 0.3 is 0 Å². The SMILES string of the molecule is CC(C)c1ccccc1OC[C@@H](O)CN1[C@H](C)CCC[C@@H]1C. The van der Waals surface area contributed by atoms with E-state index in [0.717, 1.165) is 5.75 Å². The fourth-order valence-electron chi connectivity index (χ4n) is 3.41. The number of hydrogen-bond acceptors (Lipinski definition) is 3. The van der Waals surface area contributed by atoms with Crippen LogP contribution >= 0.6 is 0 Å². The first-order valence-electron chi connectivity index (χ1n) is 8.64. The Morgan fingerprint density at radius 3 is 2.45 bits per heavy atom. The molecule has 1 fully saturated rings. The normalized spacial score (nSPS) is 24.5. The minimum Gasteiger partial charge on any atom is -0.491 e. The van der Waals surface area contributed by atoms with Crippen LogP contribution in [0, 0.1) is 0 Å². The van der Waals surface area contributed by atoms with E-state index >= 15 is 0 Å². The van der Waals surface area contributed by atoms with Gasteiger partial charge in [0.05, 0.1) is 0 Å². The van der Waals surface area contributed by atoms with E-state index in [4.69, 9.17) is 4.74 Å². The van der Waals surface area contributed by atoms with Gasteiger partial charge in [0.25, 0.3) is 0 Å². The number of benzene rings is 1. The van der Waals surface area contributed by atoms with Crippen LogP contribution < -0.4 is 4.74 Å². The van der Waals surface area contributed by atoms with Crippen LogP contribution in [0.1, 0.15) is 58.4 Å². The maximum atomic E-state index is 10.4. The number of piperidine rings is 1. The Morgan fingerprint density at radius 2 is 1.82 bits per heavy atom. The number of nitrogens with zero attached hydrogens (tertiary/aromatic N) is 1. The van der Waals surface area contributed by atoms with Crippen molar-refractivity contribution in [3.63, 3.8) is 0 Å². The van der Waals surface area contributed by atoms with Crippen molar-refractivity contribution in [2.24, 2.45) is 0 Å². The molecule has 1 aromatic rings. The van der Waals surface area contributed by atoms with Crippen molar-refractivity contribution in [2.45, 2.75) is 71.1 Å². The molecule has 3 heteroatoms. The smallest absolute Gasteiger partial charge is 0.122 e. The summed E-state index contributed by atoms with van der Waals surface area (Å²) in [7, 11) is 0. The van der Waals surface area contributed by atoms with E-state index in [-0.39, 0.29) is 0 Å². The van der Waals surface area contributed by atoms with Crippen molar-refractivity contribution < 1.29 is 9.84 Å². The van der Waals surface area contributed by atoms with Crippen LogP contribution in [-0.4, -0.2) is 41.3 Å². The molecule has 0 unspecified atom stereocenters. The third-order valence-electron chi connectivity index (χ3n) is 4.77. The number of para-hydroxylation sites is 1. The molecule has 0 aromatic heterocycles. The average molecular weight is 305 g/mol. The molecule has 0 aliphatic carbocycles. The van der Waals surface area contributed by atoms with E-state index in [0.29, 0.717) is 31.2 Å². The van der Waals surface area contributed by atoms with Crippen molar-refractivity contribution >= 4 is 0 Å². The third-order valence-corrected chi connectivity index (χ3v) is 4.77. The van der Waals surface area contributed by atoms with Crippen LogP contribution in [0.5, 0.6) is 5.75 Å². The van der Waals surface area contributed by atoms with Crippen molar-refractivity contribution in [3.05, 3.63) is 29.8 Å². The summed E-state index contributed by atoms with van der Waals surface area (Å²) in [5.74, 6) is 1.33. The Balaban J connectivity index is 1.89. The van der Waals surface area contributed by atoms with Crippen molar-refractivity contribution in [1.29, 1.82) is 0 Å². The predicted octanol–water partition coefficient (Wildman–Crippen LogP) is 3.81. The molecule has 2 rings (SSSR count). The molecular weight excluding hydrogens is 274 g/mol. The summed E-state index contributed by atoms with van der Waals surface area (Å²) in [6, 6.07) is 9.23. The minimum absolute atomic E-state index is 0.361. The lowest BCUT2D eigenvalue weighted by molar-refractivity contribution is 0.0207. The second-order valence-electron chi connectivity index (χ2n) is 6.98. The standard InChI is InChI=1S/C19H31NO2/c1-14(2)18-10-5-6-11-19(18)22-13-17(21)12-20-15(3)8-7-9-16(20)4/h5-6,10-11,14-17,21H,7-9,12-13H2,1-4H3/t15-,16+,17-/m0/s1. The van der Waals surface area contributed by atoms with E-state index in [1.54, 1.807) is 0 Å². The highest BCUT2D eigenvalue weighted by Crippen LogP contribution is 2.26. The molecule has 0 saturated carbocycles. The summed E-state index contributed by atoms with van der Waals surface area (Å²) in [5, 5.41) is 10.4. The lowest BCUT2D eigenvalue weighted by Crippen LogP contribution is -2.48. The Hall–Kier alpha value is -1.06. The highest BCUT2D eigenvalue weighted by atomic mass is 16.5. The number of β-amino-alcohol motifs (C(OH)–C–C–N with tert-alkyl or cyclic N) is 1. The van der Waals surface area contributed by atoms with E-state index in [1.807, 2.05) is 18.2 Å². The van der Waals surface area contributed by atoms with Gasteiger partial charge in [-0.1, -0.05) is 38.5 Å². The van der Waals surface area contributed by atoms with Crippen LogP contribution in [0.2, 0.25) is 0 Å². The maximum Gasteiger partial charge on any atom is 0.122 e. The van der Waals surface area contributed by atoms with Gasteiger partial charge in [0.1, 0.15) is 18.5 Å². The zero-order valence-corrected chi connectivity index (χ0v) is 14.5. The number of ether oxygens (including phenoxy) is 1. The first kappa shape index (κ1) is 17.3. The van der Waals surface area contributed by atoms with Gasteiger partial charge in [-0.3, -0.25) is 4.90 Å². The number of likely N-dealkylation sites (tertiary alicyclic amines) is 1. The van der Waals surface area contributed by atoms with Crippen LogP contribution in [0.15, 0.2) is 24.3 Å². The van der Waals surface area contributed by atoms with Gasteiger partial charge in [-0.15, -0.1) is 0 Å². The first-order chi connectivity index (χ1) is 10.5. The number of rotatable bonds is 6. The topological polar surface area (TPSA) is 32.7 Å². The van der Waals surface area contributed by atoms with Crippen molar-refractivity contribution in [1.82, 2.24) is 4.90 Å². The average Bonchev–Trinajstić information content (AvgIpc) is 2.49. The molecule has 124 valence electrons. The molecule has 1 aliphatic heterocycles. The molecule has 1 N–H and O–H groups in total. The zero-order chi connectivity index (χ0) is 16.1. The molecule has 1 aromatic carbocycles. The van der Waals surface area contributed by atoms with Gasteiger partial charge < -0.3 is 9.84 Å².